The molecule has 0 N–H and O–H groups in total. The third-order valence-electron chi connectivity index (χ3n) is 0.795. The summed E-state index contributed by atoms with van der Waals surface area (Å²) >= 11 is 0. The van der Waals surface area contributed by atoms with Gasteiger partial charge >= 0.3 is 0 Å². The Kier molecular flexibility index (Phi) is 4.37. The second kappa shape index (κ2) is 5.01. The molecular formula is C7H8O2. The molecule has 0 radical (unpaired) electrons. The van der Waals surface area contributed by atoms with Crippen molar-refractivity contribution in [2.24, 2.45) is 0 Å². The van der Waals surface area contributed by atoms with Gasteiger partial charge in [0, 0.05) is 12.5 Å². The summed E-state index contributed by atoms with van der Waals surface area (Å²) in [4.78, 5) is 20.0. The number of carbonyl (C=O) groups excluding carboxylic acids is 2. The number of hydrogen-bond acceptors (Lipinski definition) is 2. The van der Waals surface area contributed by atoms with Gasteiger partial charge in [-0.15, -0.1) is 0 Å². The topological polar surface area (TPSA) is 34.1 Å². The van der Waals surface area contributed by atoms with Gasteiger partial charge in [-0.25, -0.2) is 4.79 Å². The number of hydrogen-bond donors (Lipinski definition) is 0. The highest BCUT2D eigenvalue weighted by molar-refractivity contribution is 5.89. The summed E-state index contributed by atoms with van der Waals surface area (Å²) < 4.78 is 0. The van der Waals surface area contributed by atoms with E-state index in [2.05, 4.69) is 0 Å². The highest BCUT2D eigenvalue weighted by Gasteiger charge is 1.85. The van der Waals surface area contributed by atoms with E-state index in [1.165, 1.54) is 18.1 Å². The Morgan fingerprint density at radius 3 is 2.78 bits per heavy atom. The molecule has 0 aliphatic rings. The van der Waals surface area contributed by atoms with Crippen molar-refractivity contribution in [3.8, 4) is 0 Å². The standard InChI is InChI=1S/C7H8O2/c1-2-7(9)5-3-4-6-8/h3-5H,2H2,1H3. The highest BCUT2D eigenvalue weighted by Crippen LogP contribution is 1.81. The van der Waals surface area contributed by atoms with Crippen molar-refractivity contribution in [2.75, 3.05) is 0 Å². The van der Waals surface area contributed by atoms with E-state index in [9.17, 15) is 9.59 Å². The fraction of sp³-hybridized carbons (Fsp3) is 0.286. The van der Waals surface area contributed by atoms with Crippen molar-refractivity contribution in [2.45, 2.75) is 13.3 Å². The lowest BCUT2D eigenvalue weighted by Gasteiger charge is -1.78. The maximum Gasteiger partial charge on any atom is 0.155 e. The van der Waals surface area contributed by atoms with Crippen molar-refractivity contribution >= 4 is 11.7 Å². The lowest BCUT2D eigenvalue weighted by Crippen LogP contribution is -1.85. The van der Waals surface area contributed by atoms with Gasteiger partial charge in [0.15, 0.2) is 5.78 Å². The quantitative estimate of drug-likeness (QED) is 0.318. The summed E-state index contributed by atoms with van der Waals surface area (Å²) in [5, 5.41) is 0. The molecule has 0 unspecified atom stereocenters. The van der Waals surface area contributed by atoms with Crippen molar-refractivity contribution in [3.05, 3.63) is 18.2 Å². The van der Waals surface area contributed by atoms with E-state index in [0.717, 1.165) is 6.08 Å². The zero-order chi connectivity index (χ0) is 7.11. The largest absolute Gasteiger partial charge is 0.295 e. The lowest BCUT2D eigenvalue weighted by molar-refractivity contribution is -0.114. The molecule has 0 atom stereocenters. The molecule has 0 saturated heterocycles. The van der Waals surface area contributed by atoms with Crippen LogP contribution < -0.4 is 0 Å². The molecule has 0 rings (SSSR count). The molecule has 0 bridgehead atoms. The fourth-order valence-corrected chi connectivity index (χ4v) is 0.313. The molecule has 0 aliphatic heterocycles. The van der Waals surface area contributed by atoms with Crippen molar-refractivity contribution in [1.29, 1.82) is 0 Å². The van der Waals surface area contributed by atoms with E-state index in [0.29, 0.717) is 6.42 Å². The van der Waals surface area contributed by atoms with Crippen LogP contribution in [0.1, 0.15) is 13.3 Å². The van der Waals surface area contributed by atoms with Gasteiger partial charge in [-0.1, -0.05) is 6.92 Å². The van der Waals surface area contributed by atoms with Crippen LogP contribution in [-0.2, 0) is 9.59 Å². The molecule has 2 heteroatoms. The monoisotopic (exact) mass is 124 g/mol. The molecule has 0 aromatic heterocycles. The number of rotatable bonds is 3. The first kappa shape index (κ1) is 7.86. The van der Waals surface area contributed by atoms with Gasteiger partial charge in [0.1, 0.15) is 5.94 Å². The molecule has 0 heterocycles. The van der Waals surface area contributed by atoms with Crippen molar-refractivity contribution in [3.63, 3.8) is 0 Å². The van der Waals surface area contributed by atoms with Gasteiger partial charge in [0.05, 0.1) is 0 Å². The van der Waals surface area contributed by atoms with E-state index >= 15 is 0 Å². The first-order valence-corrected chi connectivity index (χ1v) is 2.71. The van der Waals surface area contributed by atoms with Crippen LogP contribution in [0.15, 0.2) is 18.2 Å². The number of ketones is 1. The molecule has 0 fully saturated rings. The van der Waals surface area contributed by atoms with Gasteiger partial charge < -0.3 is 0 Å². The Hall–Kier alpha value is -1.14. The van der Waals surface area contributed by atoms with E-state index in [1.807, 2.05) is 0 Å². The smallest absolute Gasteiger partial charge is 0.155 e. The third kappa shape index (κ3) is 4.72. The fourth-order valence-electron chi connectivity index (χ4n) is 0.313. The number of allylic oxidation sites excluding steroid dienone is 3. The Bertz CT molecular complexity index is 162. The predicted octanol–water partition coefficient (Wildman–Crippen LogP) is 0.909. The summed E-state index contributed by atoms with van der Waals surface area (Å²) in [5.74, 6) is 1.55. The van der Waals surface area contributed by atoms with Crippen LogP contribution in [0.5, 0.6) is 0 Å². The maximum absolute atomic E-state index is 10.4. The normalized spacial score (nSPS) is 9.00. The summed E-state index contributed by atoms with van der Waals surface area (Å²) in [6.07, 6.45) is 4.38. The van der Waals surface area contributed by atoms with Crippen molar-refractivity contribution in [1.82, 2.24) is 0 Å². The summed E-state index contributed by atoms with van der Waals surface area (Å²) in [6, 6.07) is 0. The van der Waals surface area contributed by atoms with Gasteiger partial charge in [-0.05, 0) is 12.2 Å². The minimum atomic E-state index is 0.0153. The molecule has 0 aromatic carbocycles. The Labute approximate surface area is 53.9 Å². The lowest BCUT2D eigenvalue weighted by atomic mass is 10.3. The highest BCUT2D eigenvalue weighted by atomic mass is 16.1. The molecule has 0 amide bonds. The number of carbonyl (C=O) groups is 1. The first-order valence-electron chi connectivity index (χ1n) is 2.71. The van der Waals surface area contributed by atoms with Crippen LogP contribution in [0.4, 0.5) is 0 Å². The van der Waals surface area contributed by atoms with Gasteiger partial charge in [-0.3, -0.25) is 4.79 Å². The Morgan fingerprint density at radius 1 is 1.67 bits per heavy atom. The molecule has 0 spiro atoms. The summed E-state index contributed by atoms with van der Waals surface area (Å²) in [5.41, 5.74) is 0. The Balaban J connectivity index is 3.70. The van der Waals surface area contributed by atoms with Crippen molar-refractivity contribution < 1.29 is 9.59 Å². The molecule has 0 aromatic rings. The van der Waals surface area contributed by atoms with Crippen LogP contribution in [0, 0.1) is 0 Å². The van der Waals surface area contributed by atoms with Crippen LogP contribution in [-0.4, -0.2) is 11.7 Å². The van der Waals surface area contributed by atoms with Gasteiger partial charge in [0.2, 0.25) is 0 Å². The van der Waals surface area contributed by atoms with Crippen LogP contribution in [0.25, 0.3) is 0 Å². The summed E-state index contributed by atoms with van der Waals surface area (Å²) in [7, 11) is 0. The average Bonchev–Trinajstić information content (AvgIpc) is 1.89. The SMILES string of the molecule is CCC(=O)C=CC=C=O. The minimum absolute atomic E-state index is 0.0153. The van der Waals surface area contributed by atoms with Crippen LogP contribution >= 0.6 is 0 Å². The van der Waals surface area contributed by atoms with E-state index in [-0.39, 0.29) is 5.78 Å². The van der Waals surface area contributed by atoms with E-state index < -0.39 is 0 Å². The zero-order valence-electron chi connectivity index (χ0n) is 5.26. The van der Waals surface area contributed by atoms with Gasteiger partial charge in [-0.2, -0.15) is 0 Å². The average molecular weight is 124 g/mol. The summed E-state index contributed by atoms with van der Waals surface area (Å²) in [6.45, 7) is 1.76. The molecule has 0 saturated carbocycles. The molecule has 9 heavy (non-hydrogen) atoms. The second-order valence-electron chi connectivity index (χ2n) is 1.46. The zero-order valence-corrected chi connectivity index (χ0v) is 5.26. The molecule has 48 valence electrons. The van der Waals surface area contributed by atoms with E-state index in [1.54, 1.807) is 6.92 Å². The van der Waals surface area contributed by atoms with E-state index in [4.69, 9.17) is 0 Å². The predicted molar refractivity (Wildman–Crippen MR) is 34.7 cm³/mol. The minimum Gasteiger partial charge on any atom is -0.295 e. The molecular weight excluding hydrogens is 116 g/mol. The molecule has 2 nitrogen and oxygen atoms in total. The van der Waals surface area contributed by atoms with Gasteiger partial charge in [0.25, 0.3) is 0 Å². The second-order valence-corrected chi connectivity index (χ2v) is 1.46. The third-order valence-corrected chi connectivity index (χ3v) is 0.795. The van der Waals surface area contributed by atoms with Crippen LogP contribution in [0.2, 0.25) is 0 Å². The van der Waals surface area contributed by atoms with Crippen LogP contribution in [0.3, 0.4) is 0 Å². The first-order chi connectivity index (χ1) is 4.31. The Morgan fingerprint density at radius 2 is 2.33 bits per heavy atom. The maximum atomic E-state index is 10.4. The molecule has 0 aliphatic carbocycles.